The Morgan fingerprint density at radius 1 is 1.16 bits per heavy atom. The fraction of sp³-hybridized carbons (Fsp3) is 0.250. The van der Waals surface area contributed by atoms with Crippen molar-refractivity contribution < 1.29 is 26.3 Å². The SMILES string of the molecule is Cc1cc(S(=O)(=O)NCc2ccccc2OCC(F)(F)F)ccc1Cl. The molecule has 0 aromatic heterocycles. The Bertz CT molecular complexity index is 854. The van der Waals surface area contributed by atoms with Gasteiger partial charge in [0.05, 0.1) is 4.90 Å². The first kappa shape index (κ1) is 19.6. The molecule has 0 saturated carbocycles. The van der Waals surface area contributed by atoms with Gasteiger partial charge in [0, 0.05) is 17.1 Å². The summed E-state index contributed by atoms with van der Waals surface area (Å²) in [6, 6.07) is 10.2. The lowest BCUT2D eigenvalue weighted by atomic mass is 10.2. The second-order valence-electron chi connectivity index (χ2n) is 5.25. The van der Waals surface area contributed by atoms with Crippen LogP contribution < -0.4 is 9.46 Å². The van der Waals surface area contributed by atoms with Crippen LogP contribution >= 0.6 is 11.6 Å². The molecule has 2 rings (SSSR count). The van der Waals surface area contributed by atoms with E-state index in [9.17, 15) is 21.6 Å². The molecule has 0 bridgehead atoms. The van der Waals surface area contributed by atoms with E-state index < -0.39 is 22.8 Å². The number of aryl methyl sites for hydroxylation is 1. The van der Waals surface area contributed by atoms with Crippen molar-refractivity contribution in [1.82, 2.24) is 4.72 Å². The topological polar surface area (TPSA) is 55.4 Å². The zero-order valence-corrected chi connectivity index (χ0v) is 14.7. The van der Waals surface area contributed by atoms with Gasteiger partial charge in [-0.15, -0.1) is 0 Å². The Hall–Kier alpha value is -1.77. The van der Waals surface area contributed by atoms with Gasteiger partial charge in [-0.2, -0.15) is 13.2 Å². The molecule has 2 aromatic rings. The summed E-state index contributed by atoms with van der Waals surface area (Å²) in [4.78, 5) is 0.0168. The molecule has 136 valence electrons. The predicted molar refractivity (Wildman–Crippen MR) is 88.2 cm³/mol. The minimum Gasteiger partial charge on any atom is -0.484 e. The maximum absolute atomic E-state index is 12.3. The summed E-state index contributed by atoms with van der Waals surface area (Å²) < 4.78 is 68.6. The lowest BCUT2D eigenvalue weighted by Crippen LogP contribution is -2.24. The molecule has 9 heteroatoms. The van der Waals surface area contributed by atoms with Crippen molar-refractivity contribution >= 4 is 21.6 Å². The summed E-state index contributed by atoms with van der Waals surface area (Å²) in [5.41, 5.74) is 0.888. The van der Waals surface area contributed by atoms with Gasteiger partial charge in [-0.05, 0) is 36.8 Å². The molecule has 0 radical (unpaired) electrons. The van der Waals surface area contributed by atoms with Gasteiger partial charge < -0.3 is 4.74 Å². The Balaban J connectivity index is 2.13. The highest BCUT2D eigenvalue weighted by Gasteiger charge is 2.28. The maximum Gasteiger partial charge on any atom is 0.422 e. The summed E-state index contributed by atoms with van der Waals surface area (Å²) in [7, 11) is -3.84. The average molecular weight is 394 g/mol. The summed E-state index contributed by atoms with van der Waals surface area (Å²) in [6.45, 7) is 0.00676. The number of hydrogen-bond acceptors (Lipinski definition) is 3. The first-order valence-electron chi connectivity index (χ1n) is 7.12. The number of para-hydroxylation sites is 1. The summed E-state index contributed by atoms with van der Waals surface area (Å²) in [5, 5.41) is 0.435. The van der Waals surface area contributed by atoms with E-state index in [1.807, 2.05) is 0 Å². The summed E-state index contributed by atoms with van der Waals surface area (Å²) >= 11 is 5.87. The fourth-order valence-electron chi connectivity index (χ4n) is 1.99. The third-order valence-electron chi connectivity index (χ3n) is 3.26. The molecule has 0 aliphatic rings. The lowest BCUT2D eigenvalue weighted by Gasteiger charge is -2.14. The molecule has 0 unspecified atom stereocenters. The van der Waals surface area contributed by atoms with Crippen molar-refractivity contribution in [3.05, 3.63) is 58.6 Å². The molecule has 0 fully saturated rings. The maximum atomic E-state index is 12.3. The van der Waals surface area contributed by atoms with Gasteiger partial charge in [-0.1, -0.05) is 29.8 Å². The Kier molecular flexibility index (Phi) is 5.97. The fourth-order valence-corrected chi connectivity index (χ4v) is 3.20. The van der Waals surface area contributed by atoms with Crippen molar-refractivity contribution in [2.24, 2.45) is 0 Å². The number of sulfonamides is 1. The third kappa shape index (κ3) is 5.62. The van der Waals surface area contributed by atoms with Crippen LogP contribution in [0, 0.1) is 6.92 Å². The van der Waals surface area contributed by atoms with E-state index in [0.29, 0.717) is 16.1 Å². The van der Waals surface area contributed by atoms with Crippen LogP contribution in [0.1, 0.15) is 11.1 Å². The highest BCUT2D eigenvalue weighted by atomic mass is 35.5. The zero-order valence-electron chi connectivity index (χ0n) is 13.1. The third-order valence-corrected chi connectivity index (χ3v) is 5.08. The van der Waals surface area contributed by atoms with Gasteiger partial charge >= 0.3 is 6.18 Å². The predicted octanol–water partition coefficient (Wildman–Crippen LogP) is 4.07. The number of alkyl halides is 3. The number of hydrogen-bond donors (Lipinski definition) is 1. The van der Waals surface area contributed by atoms with E-state index in [0.717, 1.165) is 0 Å². The van der Waals surface area contributed by atoms with Crippen molar-refractivity contribution in [1.29, 1.82) is 0 Å². The molecule has 4 nitrogen and oxygen atoms in total. The van der Waals surface area contributed by atoms with Crippen LogP contribution in [0.5, 0.6) is 5.75 Å². The van der Waals surface area contributed by atoms with Crippen molar-refractivity contribution in [2.45, 2.75) is 24.5 Å². The van der Waals surface area contributed by atoms with E-state index in [-0.39, 0.29) is 17.2 Å². The first-order valence-corrected chi connectivity index (χ1v) is 8.98. The van der Waals surface area contributed by atoms with E-state index in [1.54, 1.807) is 13.0 Å². The number of rotatable bonds is 6. The van der Waals surface area contributed by atoms with Gasteiger partial charge in [0.25, 0.3) is 0 Å². The van der Waals surface area contributed by atoms with Crippen molar-refractivity contribution in [2.75, 3.05) is 6.61 Å². The molecule has 0 amide bonds. The molecular formula is C16H15ClF3NO3S. The van der Waals surface area contributed by atoms with Gasteiger partial charge in [0.15, 0.2) is 6.61 Å². The lowest BCUT2D eigenvalue weighted by molar-refractivity contribution is -0.153. The summed E-state index contributed by atoms with van der Waals surface area (Å²) in [5.74, 6) is -0.0326. The van der Waals surface area contributed by atoms with Crippen LogP contribution in [0.15, 0.2) is 47.4 Å². The minimum atomic E-state index is -4.48. The molecule has 0 spiro atoms. The largest absolute Gasteiger partial charge is 0.484 e. The molecule has 0 atom stereocenters. The number of nitrogens with one attached hydrogen (secondary N) is 1. The van der Waals surface area contributed by atoms with Gasteiger partial charge in [-0.3, -0.25) is 0 Å². The Morgan fingerprint density at radius 2 is 1.84 bits per heavy atom. The van der Waals surface area contributed by atoms with Crippen LogP contribution in [-0.4, -0.2) is 21.2 Å². The number of benzene rings is 2. The van der Waals surface area contributed by atoms with E-state index in [2.05, 4.69) is 4.72 Å². The second kappa shape index (κ2) is 7.63. The van der Waals surface area contributed by atoms with Crippen molar-refractivity contribution in [3.63, 3.8) is 0 Å². The zero-order chi connectivity index (χ0) is 18.7. The molecule has 0 heterocycles. The number of halogens is 4. The first-order chi connectivity index (χ1) is 11.6. The Morgan fingerprint density at radius 3 is 2.48 bits per heavy atom. The molecule has 0 aliphatic heterocycles. The van der Waals surface area contributed by atoms with Gasteiger partial charge in [0.1, 0.15) is 5.75 Å². The molecule has 0 aliphatic carbocycles. The van der Waals surface area contributed by atoms with Gasteiger partial charge in [-0.25, -0.2) is 13.1 Å². The van der Waals surface area contributed by atoms with E-state index in [1.165, 1.54) is 36.4 Å². The van der Waals surface area contributed by atoms with Crippen LogP contribution in [-0.2, 0) is 16.6 Å². The molecule has 25 heavy (non-hydrogen) atoms. The molecule has 2 aromatic carbocycles. The number of ether oxygens (including phenoxy) is 1. The van der Waals surface area contributed by atoms with Crippen LogP contribution in [0.4, 0.5) is 13.2 Å². The second-order valence-corrected chi connectivity index (χ2v) is 7.42. The smallest absolute Gasteiger partial charge is 0.422 e. The standard InChI is InChI=1S/C16H15ClF3NO3S/c1-11-8-13(6-7-14(11)17)25(22,23)21-9-12-4-2-3-5-15(12)24-10-16(18,19)20/h2-8,21H,9-10H2,1H3. The van der Waals surface area contributed by atoms with E-state index >= 15 is 0 Å². The van der Waals surface area contributed by atoms with Crippen molar-refractivity contribution in [3.8, 4) is 5.75 Å². The van der Waals surface area contributed by atoms with Crippen LogP contribution in [0.3, 0.4) is 0 Å². The average Bonchev–Trinajstić information content (AvgIpc) is 2.53. The van der Waals surface area contributed by atoms with Gasteiger partial charge in [0.2, 0.25) is 10.0 Å². The highest BCUT2D eigenvalue weighted by molar-refractivity contribution is 7.89. The van der Waals surface area contributed by atoms with Crippen LogP contribution in [0.2, 0.25) is 5.02 Å². The van der Waals surface area contributed by atoms with Crippen LogP contribution in [0.25, 0.3) is 0 Å². The minimum absolute atomic E-state index is 0.0168. The quantitative estimate of drug-likeness (QED) is 0.805. The normalized spacial score (nSPS) is 12.2. The van der Waals surface area contributed by atoms with E-state index in [4.69, 9.17) is 16.3 Å². The molecule has 1 N–H and O–H groups in total. The molecular weight excluding hydrogens is 379 g/mol. The molecule has 0 saturated heterocycles. The Labute approximate surface area is 148 Å². The monoisotopic (exact) mass is 393 g/mol. The highest BCUT2D eigenvalue weighted by Crippen LogP contribution is 2.23. The summed E-state index contributed by atoms with van der Waals surface area (Å²) in [6.07, 6.45) is -4.48.